The number of halogens is 2. The molecule has 0 fully saturated rings. The standard InChI is InChI=1S/C28H31Cl2N3O4S/c1-4-25(28(35)31-3)32(17-16-21-8-6-5-7-9-21)27(34)19-33(26-18-22(29)12-15-24(26)30)38(36,37)23-13-10-20(2)11-14-23/h5-15,18,25H,4,16-17,19H2,1-3H3,(H,31,35)/t25-/m1/s1. The van der Waals surface area contributed by atoms with E-state index in [1.807, 2.05) is 37.3 Å². The van der Waals surface area contributed by atoms with Gasteiger partial charge in [-0.1, -0.05) is 78.2 Å². The number of amides is 2. The number of rotatable bonds is 11. The van der Waals surface area contributed by atoms with Gasteiger partial charge in [0, 0.05) is 18.6 Å². The summed E-state index contributed by atoms with van der Waals surface area (Å²) in [4.78, 5) is 28.0. The van der Waals surface area contributed by atoms with Crippen molar-refractivity contribution >= 4 is 50.7 Å². The zero-order chi connectivity index (χ0) is 27.9. The van der Waals surface area contributed by atoms with Crippen molar-refractivity contribution in [2.24, 2.45) is 0 Å². The second kappa shape index (κ2) is 13.1. The van der Waals surface area contributed by atoms with Gasteiger partial charge in [-0.2, -0.15) is 0 Å². The average molecular weight is 577 g/mol. The van der Waals surface area contributed by atoms with Crippen molar-refractivity contribution in [1.82, 2.24) is 10.2 Å². The van der Waals surface area contributed by atoms with Crippen molar-refractivity contribution in [3.05, 3.63) is 94.0 Å². The first-order valence-corrected chi connectivity index (χ1v) is 14.4. The molecular formula is C28H31Cl2N3O4S. The highest BCUT2D eigenvalue weighted by Crippen LogP contribution is 2.33. The lowest BCUT2D eigenvalue weighted by atomic mass is 10.1. The summed E-state index contributed by atoms with van der Waals surface area (Å²) in [5.41, 5.74) is 1.94. The van der Waals surface area contributed by atoms with Gasteiger partial charge in [0.15, 0.2) is 0 Å². The van der Waals surface area contributed by atoms with E-state index in [2.05, 4.69) is 5.32 Å². The van der Waals surface area contributed by atoms with Gasteiger partial charge in [0.25, 0.3) is 10.0 Å². The molecule has 0 aliphatic rings. The topological polar surface area (TPSA) is 86.8 Å². The summed E-state index contributed by atoms with van der Waals surface area (Å²) in [6.45, 7) is 3.30. The summed E-state index contributed by atoms with van der Waals surface area (Å²) >= 11 is 12.6. The van der Waals surface area contributed by atoms with E-state index < -0.39 is 28.5 Å². The number of anilines is 1. The largest absolute Gasteiger partial charge is 0.357 e. The minimum absolute atomic E-state index is 0.00104. The van der Waals surface area contributed by atoms with E-state index in [4.69, 9.17) is 23.2 Å². The summed E-state index contributed by atoms with van der Waals surface area (Å²) in [5.74, 6) is -0.870. The molecule has 38 heavy (non-hydrogen) atoms. The molecule has 0 aliphatic heterocycles. The molecule has 202 valence electrons. The van der Waals surface area contributed by atoms with Crippen LogP contribution in [0.2, 0.25) is 10.0 Å². The Labute approximate surface area is 234 Å². The van der Waals surface area contributed by atoms with Gasteiger partial charge in [-0.3, -0.25) is 13.9 Å². The highest BCUT2D eigenvalue weighted by molar-refractivity contribution is 7.92. The van der Waals surface area contributed by atoms with Crippen molar-refractivity contribution in [3.63, 3.8) is 0 Å². The van der Waals surface area contributed by atoms with Gasteiger partial charge in [0.1, 0.15) is 12.6 Å². The van der Waals surface area contributed by atoms with E-state index >= 15 is 0 Å². The van der Waals surface area contributed by atoms with E-state index in [0.717, 1.165) is 15.4 Å². The molecule has 0 saturated heterocycles. The maximum atomic E-state index is 13.9. The van der Waals surface area contributed by atoms with E-state index in [1.54, 1.807) is 19.1 Å². The van der Waals surface area contributed by atoms with Crippen LogP contribution in [0.5, 0.6) is 0 Å². The van der Waals surface area contributed by atoms with E-state index in [9.17, 15) is 18.0 Å². The quantitative estimate of drug-likeness (QED) is 0.345. The summed E-state index contributed by atoms with van der Waals surface area (Å²) < 4.78 is 28.7. The molecule has 3 rings (SSSR count). The Morgan fingerprint density at radius 2 is 1.63 bits per heavy atom. The maximum absolute atomic E-state index is 13.9. The normalized spacial score (nSPS) is 12.0. The lowest BCUT2D eigenvalue weighted by Gasteiger charge is -2.33. The van der Waals surface area contributed by atoms with Crippen molar-refractivity contribution in [3.8, 4) is 0 Å². The average Bonchev–Trinajstić information content (AvgIpc) is 2.91. The molecule has 2 amide bonds. The Morgan fingerprint density at radius 3 is 2.24 bits per heavy atom. The molecule has 0 unspecified atom stereocenters. The van der Waals surface area contributed by atoms with E-state index in [1.165, 1.54) is 42.3 Å². The SMILES string of the molecule is CC[C@H](C(=O)NC)N(CCc1ccccc1)C(=O)CN(c1cc(Cl)ccc1Cl)S(=O)(=O)c1ccc(C)cc1. The van der Waals surface area contributed by atoms with Crippen LogP contribution in [0.1, 0.15) is 24.5 Å². The molecule has 1 atom stereocenters. The van der Waals surface area contributed by atoms with Gasteiger partial charge in [0.05, 0.1) is 15.6 Å². The fourth-order valence-electron chi connectivity index (χ4n) is 4.09. The molecule has 7 nitrogen and oxygen atoms in total. The number of sulfonamides is 1. The molecule has 0 spiro atoms. The Bertz CT molecular complexity index is 1370. The molecule has 1 N–H and O–H groups in total. The highest BCUT2D eigenvalue weighted by Gasteiger charge is 2.34. The number of hydrogen-bond donors (Lipinski definition) is 1. The predicted molar refractivity (Wildman–Crippen MR) is 152 cm³/mol. The number of carbonyl (C=O) groups is 2. The highest BCUT2D eigenvalue weighted by atomic mass is 35.5. The summed E-state index contributed by atoms with van der Waals surface area (Å²) in [6.07, 6.45) is 0.839. The van der Waals surface area contributed by atoms with Crippen LogP contribution in [0, 0.1) is 6.92 Å². The molecule has 10 heteroatoms. The number of aryl methyl sites for hydroxylation is 1. The van der Waals surface area contributed by atoms with Gasteiger partial charge in [0.2, 0.25) is 11.8 Å². The third-order valence-electron chi connectivity index (χ3n) is 6.18. The van der Waals surface area contributed by atoms with Crippen molar-refractivity contribution in [2.75, 3.05) is 24.4 Å². The Morgan fingerprint density at radius 1 is 0.974 bits per heavy atom. The van der Waals surface area contributed by atoms with Crippen LogP contribution >= 0.6 is 23.2 Å². The monoisotopic (exact) mass is 575 g/mol. The number of benzene rings is 3. The van der Waals surface area contributed by atoms with Crippen LogP contribution in [-0.2, 0) is 26.0 Å². The smallest absolute Gasteiger partial charge is 0.264 e. The van der Waals surface area contributed by atoms with Crippen LogP contribution in [0.15, 0.2) is 77.7 Å². The van der Waals surface area contributed by atoms with Gasteiger partial charge < -0.3 is 10.2 Å². The van der Waals surface area contributed by atoms with Crippen LogP contribution in [0.4, 0.5) is 5.69 Å². The Hall–Kier alpha value is -3.07. The van der Waals surface area contributed by atoms with Gasteiger partial charge in [-0.05, 0) is 55.7 Å². The van der Waals surface area contributed by atoms with Crippen molar-refractivity contribution in [2.45, 2.75) is 37.6 Å². The van der Waals surface area contributed by atoms with Crippen molar-refractivity contribution in [1.29, 1.82) is 0 Å². The zero-order valence-corrected chi connectivity index (χ0v) is 23.9. The number of hydrogen-bond acceptors (Lipinski definition) is 4. The predicted octanol–water partition coefficient (Wildman–Crippen LogP) is 5.09. The van der Waals surface area contributed by atoms with Crippen LogP contribution in [0.25, 0.3) is 0 Å². The Balaban J connectivity index is 2.04. The Kier molecular flexibility index (Phi) is 10.2. The third-order valence-corrected chi connectivity index (χ3v) is 8.51. The minimum atomic E-state index is -4.22. The van der Waals surface area contributed by atoms with Gasteiger partial charge in [-0.15, -0.1) is 0 Å². The summed E-state index contributed by atoms with van der Waals surface area (Å²) in [6, 6.07) is 19.5. The zero-order valence-electron chi connectivity index (χ0n) is 21.5. The van der Waals surface area contributed by atoms with Gasteiger partial charge in [-0.25, -0.2) is 8.42 Å². The van der Waals surface area contributed by atoms with Gasteiger partial charge >= 0.3 is 0 Å². The molecule has 3 aromatic carbocycles. The first-order valence-electron chi connectivity index (χ1n) is 12.2. The third kappa shape index (κ3) is 7.07. The first-order chi connectivity index (χ1) is 18.1. The second-order valence-corrected chi connectivity index (χ2v) is 11.5. The summed E-state index contributed by atoms with van der Waals surface area (Å²) in [7, 11) is -2.72. The lowest BCUT2D eigenvalue weighted by molar-refractivity contribution is -0.139. The number of nitrogens with one attached hydrogen (secondary N) is 1. The molecule has 0 bridgehead atoms. The van der Waals surface area contributed by atoms with E-state index in [-0.39, 0.29) is 33.1 Å². The van der Waals surface area contributed by atoms with Crippen LogP contribution in [-0.4, -0.2) is 51.3 Å². The molecule has 0 saturated carbocycles. The van der Waals surface area contributed by atoms with Crippen molar-refractivity contribution < 1.29 is 18.0 Å². The summed E-state index contributed by atoms with van der Waals surface area (Å²) in [5, 5.41) is 2.99. The fraction of sp³-hybridized carbons (Fsp3) is 0.286. The van der Waals surface area contributed by atoms with Crippen LogP contribution in [0.3, 0.4) is 0 Å². The maximum Gasteiger partial charge on any atom is 0.264 e. The number of carbonyl (C=O) groups excluding carboxylic acids is 2. The molecular weight excluding hydrogens is 545 g/mol. The van der Waals surface area contributed by atoms with Crippen LogP contribution < -0.4 is 9.62 Å². The minimum Gasteiger partial charge on any atom is -0.357 e. The number of likely N-dealkylation sites (N-methyl/N-ethyl adjacent to an activating group) is 1. The van der Waals surface area contributed by atoms with E-state index in [0.29, 0.717) is 12.8 Å². The first kappa shape index (κ1) is 29.5. The second-order valence-electron chi connectivity index (χ2n) is 8.78. The molecule has 3 aromatic rings. The molecule has 0 aliphatic carbocycles. The molecule has 0 heterocycles. The molecule has 0 radical (unpaired) electrons. The molecule has 0 aromatic heterocycles. The lowest BCUT2D eigenvalue weighted by Crippen LogP contribution is -2.52. The fourth-order valence-corrected chi connectivity index (χ4v) is 5.95. The number of nitrogens with zero attached hydrogens (tertiary/aromatic N) is 2.